The second-order valence-electron chi connectivity index (χ2n) is 17.1. The molecule has 1 unspecified atom stereocenters. The minimum absolute atomic E-state index is 0.101. The van der Waals surface area contributed by atoms with Crippen LogP contribution in [0.15, 0.2) is 72.9 Å². The molecule has 0 N–H and O–H groups in total. The van der Waals surface area contributed by atoms with Crippen LogP contribution in [0.25, 0.3) is 0 Å². The fourth-order valence-corrected chi connectivity index (χ4v) is 7.04. The molecule has 0 spiro atoms. The number of rotatable bonds is 46. The van der Waals surface area contributed by atoms with Crippen molar-refractivity contribution in [2.24, 2.45) is 0 Å². The highest BCUT2D eigenvalue weighted by Crippen LogP contribution is 2.14. The van der Waals surface area contributed by atoms with E-state index in [0.717, 1.165) is 83.5 Å². The zero-order valence-corrected chi connectivity index (χ0v) is 40.6. The lowest BCUT2D eigenvalue weighted by Crippen LogP contribution is -2.30. The molecule has 0 aliphatic rings. The molecule has 0 aromatic carbocycles. The van der Waals surface area contributed by atoms with Crippen molar-refractivity contribution in [1.29, 1.82) is 0 Å². The highest BCUT2D eigenvalue weighted by atomic mass is 16.6. The summed E-state index contributed by atoms with van der Waals surface area (Å²) in [5.41, 5.74) is 0. The molecule has 0 fully saturated rings. The van der Waals surface area contributed by atoms with E-state index in [1.54, 1.807) is 0 Å². The minimum Gasteiger partial charge on any atom is -0.462 e. The smallest absolute Gasteiger partial charge is 0.306 e. The Labute approximate surface area is 382 Å². The van der Waals surface area contributed by atoms with Crippen molar-refractivity contribution in [2.45, 2.75) is 252 Å². The second kappa shape index (κ2) is 50.5. The number of carbonyl (C=O) groups excluding carboxylic acids is 3. The summed E-state index contributed by atoms with van der Waals surface area (Å²) in [5.74, 6) is -0.975. The Bertz CT molecular complexity index is 1180. The number of carbonyl (C=O) groups is 3. The summed E-state index contributed by atoms with van der Waals surface area (Å²) >= 11 is 0. The molecule has 0 aromatic rings. The predicted octanol–water partition coefficient (Wildman–Crippen LogP) is 17.0. The number of esters is 3. The van der Waals surface area contributed by atoms with Crippen LogP contribution in [-0.2, 0) is 28.6 Å². The molecule has 0 saturated heterocycles. The van der Waals surface area contributed by atoms with Crippen LogP contribution >= 0.6 is 0 Å². The molecule has 0 saturated carbocycles. The van der Waals surface area contributed by atoms with Gasteiger partial charge in [-0.2, -0.15) is 0 Å². The van der Waals surface area contributed by atoms with Gasteiger partial charge in [-0.1, -0.05) is 203 Å². The summed E-state index contributed by atoms with van der Waals surface area (Å²) in [6, 6.07) is 0. The van der Waals surface area contributed by atoms with Gasteiger partial charge in [0.1, 0.15) is 13.2 Å². The Morgan fingerprint density at radius 2 is 0.694 bits per heavy atom. The maximum atomic E-state index is 12.8. The molecule has 1 atom stereocenters. The Hall–Kier alpha value is -3.15. The predicted molar refractivity (Wildman–Crippen MR) is 265 cm³/mol. The standard InChI is InChI=1S/C56H96O6/c1-4-7-10-13-16-19-22-24-26-27-28-30-31-34-37-40-43-46-49-55(58)61-52-53(51-60-54(57)48-45-42-39-36-33-21-18-15-12-9-6-3)62-56(59)50-47-44-41-38-35-32-29-25-23-20-17-14-11-8-5-2/h9,12,18,20-21,23,26-28,30,36,39,53H,4-8,10-11,13-17,19,22,24-25,29,31-35,37-38,40-52H2,1-3H3/b12-9-,21-18-,23-20-,27-26-,30-28-,39-36-. The molecule has 0 aromatic heterocycles. The molecule has 0 radical (unpaired) electrons. The quantitative estimate of drug-likeness (QED) is 0.0199. The van der Waals surface area contributed by atoms with E-state index >= 15 is 0 Å². The molecular formula is C56H96O6. The minimum atomic E-state index is -0.803. The number of hydrogen-bond acceptors (Lipinski definition) is 6. The van der Waals surface area contributed by atoms with Gasteiger partial charge in [0.15, 0.2) is 6.10 Å². The van der Waals surface area contributed by atoms with Gasteiger partial charge in [-0.15, -0.1) is 0 Å². The molecule has 0 rings (SSSR count). The zero-order valence-electron chi connectivity index (χ0n) is 40.6. The highest BCUT2D eigenvalue weighted by molar-refractivity contribution is 5.71. The normalized spacial score (nSPS) is 12.6. The summed E-state index contributed by atoms with van der Waals surface area (Å²) in [6.07, 6.45) is 63.2. The first-order chi connectivity index (χ1) is 30.5. The van der Waals surface area contributed by atoms with Crippen molar-refractivity contribution in [3.8, 4) is 0 Å². The van der Waals surface area contributed by atoms with Gasteiger partial charge in [-0.3, -0.25) is 14.4 Å². The molecule has 6 nitrogen and oxygen atoms in total. The van der Waals surface area contributed by atoms with Gasteiger partial charge in [0.25, 0.3) is 0 Å². The van der Waals surface area contributed by atoms with Gasteiger partial charge >= 0.3 is 17.9 Å². The van der Waals surface area contributed by atoms with Crippen LogP contribution in [0.2, 0.25) is 0 Å². The topological polar surface area (TPSA) is 78.9 Å². The van der Waals surface area contributed by atoms with Crippen molar-refractivity contribution >= 4 is 17.9 Å². The lowest BCUT2D eigenvalue weighted by molar-refractivity contribution is -0.167. The van der Waals surface area contributed by atoms with Crippen molar-refractivity contribution in [1.82, 2.24) is 0 Å². The highest BCUT2D eigenvalue weighted by Gasteiger charge is 2.19. The van der Waals surface area contributed by atoms with E-state index in [9.17, 15) is 14.4 Å². The van der Waals surface area contributed by atoms with Gasteiger partial charge in [0.2, 0.25) is 0 Å². The average Bonchev–Trinajstić information content (AvgIpc) is 3.27. The van der Waals surface area contributed by atoms with Gasteiger partial charge < -0.3 is 14.2 Å². The van der Waals surface area contributed by atoms with Crippen LogP contribution in [0.5, 0.6) is 0 Å². The number of unbranched alkanes of at least 4 members (excludes halogenated alkanes) is 24. The van der Waals surface area contributed by atoms with E-state index in [2.05, 4.69) is 93.7 Å². The SMILES string of the molecule is CC/C=C\C/C=C\C/C=C\CCCC(=O)OCC(COC(=O)CCCCCCC/C=C\C=C/CCCCCCCCC)OC(=O)CCCCCCCCC/C=C\CCCCCC. The third kappa shape index (κ3) is 47.9. The van der Waals surface area contributed by atoms with E-state index in [0.29, 0.717) is 19.3 Å². The molecule has 0 heterocycles. The van der Waals surface area contributed by atoms with Crippen molar-refractivity contribution in [3.05, 3.63) is 72.9 Å². The van der Waals surface area contributed by atoms with Crippen LogP contribution in [-0.4, -0.2) is 37.2 Å². The monoisotopic (exact) mass is 865 g/mol. The summed E-state index contributed by atoms with van der Waals surface area (Å²) in [5, 5.41) is 0. The van der Waals surface area contributed by atoms with E-state index in [-0.39, 0.29) is 37.5 Å². The maximum Gasteiger partial charge on any atom is 0.306 e. The van der Waals surface area contributed by atoms with E-state index in [1.165, 1.54) is 116 Å². The second-order valence-corrected chi connectivity index (χ2v) is 17.1. The van der Waals surface area contributed by atoms with Gasteiger partial charge in [0, 0.05) is 19.3 Å². The fourth-order valence-electron chi connectivity index (χ4n) is 7.04. The van der Waals surface area contributed by atoms with Crippen LogP contribution < -0.4 is 0 Å². The fraction of sp³-hybridized carbons (Fsp3) is 0.732. The van der Waals surface area contributed by atoms with Crippen LogP contribution in [0.4, 0.5) is 0 Å². The molecule has 356 valence electrons. The van der Waals surface area contributed by atoms with Crippen LogP contribution in [0.3, 0.4) is 0 Å². The summed E-state index contributed by atoms with van der Waals surface area (Å²) in [6.45, 7) is 6.44. The third-order valence-corrected chi connectivity index (χ3v) is 10.9. The van der Waals surface area contributed by atoms with Gasteiger partial charge in [-0.05, 0) is 96.3 Å². The van der Waals surface area contributed by atoms with Crippen molar-refractivity contribution in [2.75, 3.05) is 13.2 Å². The first-order valence-corrected chi connectivity index (χ1v) is 26.0. The number of hydrogen-bond donors (Lipinski definition) is 0. The molecule has 0 aliphatic carbocycles. The first-order valence-electron chi connectivity index (χ1n) is 26.0. The van der Waals surface area contributed by atoms with Crippen molar-refractivity contribution in [3.63, 3.8) is 0 Å². The first kappa shape index (κ1) is 58.9. The van der Waals surface area contributed by atoms with E-state index in [4.69, 9.17) is 14.2 Å². The Kier molecular flexibility index (Phi) is 47.9. The molecule has 0 aliphatic heterocycles. The summed E-state index contributed by atoms with van der Waals surface area (Å²) in [4.78, 5) is 37.9. The molecule has 6 heteroatoms. The number of allylic oxidation sites excluding steroid dienone is 12. The summed E-state index contributed by atoms with van der Waals surface area (Å²) < 4.78 is 16.7. The number of ether oxygens (including phenoxy) is 3. The summed E-state index contributed by atoms with van der Waals surface area (Å²) in [7, 11) is 0. The van der Waals surface area contributed by atoms with E-state index < -0.39 is 6.10 Å². The Morgan fingerprint density at radius 1 is 0.355 bits per heavy atom. The van der Waals surface area contributed by atoms with E-state index in [1.807, 2.05) is 0 Å². The van der Waals surface area contributed by atoms with Gasteiger partial charge in [0.05, 0.1) is 0 Å². The third-order valence-electron chi connectivity index (χ3n) is 10.9. The average molecular weight is 865 g/mol. The van der Waals surface area contributed by atoms with Crippen LogP contribution in [0, 0.1) is 0 Å². The molecular weight excluding hydrogens is 769 g/mol. The lowest BCUT2D eigenvalue weighted by atomic mass is 10.1. The zero-order chi connectivity index (χ0) is 45.1. The largest absolute Gasteiger partial charge is 0.462 e. The Morgan fingerprint density at radius 3 is 1.18 bits per heavy atom. The van der Waals surface area contributed by atoms with Gasteiger partial charge in [-0.25, -0.2) is 0 Å². The Balaban J connectivity index is 4.43. The van der Waals surface area contributed by atoms with Crippen molar-refractivity contribution < 1.29 is 28.6 Å². The molecule has 0 bridgehead atoms. The molecule has 62 heavy (non-hydrogen) atoms. The maximum absolute atomic E-state index is 12.8. The molecule has 0 amide bonds. The lowest BCUT2D eigenvalue weighted by Gasteiger charge is -2.18. The van der Waals surface area contributed by atoms with Crippen LogP contribution in [0.1, 0.15) is 245 Å².